The fourth-order valence-electron chi connectivity index (χ4n) is 1.67. The van der Waals surface area contributed by atoms with Gasteiger partial charge >= 0.3 is 6.61 Å². The van der Waals surface area contributed by atoms with Crippen LogP contribution in [-0.4, -0.2) is 11.6 Å². The Hall–Kier alpha value is -1.88. The number of nitrogens with one attached hydrogen (secondary N) is 1. The van der Waals surface area contributed by atoms with E-state index in [2.05, 4.69) is 15.0 Å². The molecule has 0 atom stereocenters. The van der Waals surface area contributed by atoms with Crippen LogP contribution in [0.4, 0.5) is 14.5 Å². The monoisotopic (exact) mass is 298 g/mol. The highest BCUT2D eigenvalue weighted by atomic mass is 35.5. The van der Waals surface area contributed by atoms with E-state index in [0.29, 0.717) is 17.1 Å². The average Bonchev–Trinajstić information content (AvgIpc) is 2.40. The van der Waals surface area contributed by atoms with Crippen molar-refractivity contribution in [3.63, 3.8) is 0 Å². The summed E-state index contributed by atoms with van der Waals surface area (Å²) in [6, 6.07) is 8.25. The van der Waals surface area contributed by atoms with E-state index in [1.165, 1.54) is 12.1 Å². The van der Waals surface area contributed by atoms with Gasteiger partial charge < -0.3 is 10.1 Å². The number of rotatable bonds is 5. The van der Waals surface area contributed by atoms with Crippen molar-refractivity contribution < 1.29 is 13.5 Å². The summed E-state index contributed by atoms with van der Waals surface area (Å²) in [5.41, 5.74) is 2.25. The molecule has 3 nitrogen and oxygen atoms in total. The molecule has 0 amide bonds. The summed E-state index contributed by atoms with van der Waals surface area (Å²) in [5.74, 6) is 0.108. The third kappa shape index (κ3) is 4.06. The maximum atomic E-state index is 12.3. The lowest BCUT2D eigenvalue weighted by Crippen LogP contribution is -2.07. The number of benzene rings is 1. The molecule has 0 saturated carbocycles. The van der Waals surface area contributed by atoms with Gasteiger partial charge in [-0.25, -0.2) is 0 Å². The van der Waals surface area contributed by atoms with Crippen molar-refractivity contribution in [1.82, 2.24) is 4.98 Å². The third-order valence-corrected chi connectivity index (χ3v) is 2.87. The Morgan fingerprint density at radius 2 is 2.10 bits per heavy atom. The van der Waals surface area contributed by atoms with Gasteiger partial charge in [-0.1, -0.05) is 11.6 Å². The van der Waals surface area contributed by atoms with E-state index in [0.717, 1.165) is 11.4 Å². The summed E-state index contributed by atoms with van der Waals surface area (Å²) < 4.78 is 29.1. The predicted molar refractivity (Wildman–Crippen MR) is 74.4 cm³/mol. The van der Waals surface area contributed by atoms with Crippen LogP contribution >= 0.6 is 11.6 Å². The molecule has 0 saturated heterocycles. The van der Waals surface area contributed by atoms with E-state index in [1.54, 1.807) is 12.3 Å². The Balaban J connectivity index is 2.11. The van der Waals surface area contributed by atoms with Gasteiger partial charge in [0.25, 0.3) is 0 Å². The van der Waals surface area contributed by atoms with Crippen molar-refractivity contribution in [2.45, 2.75) is 20.1 Å². The van der Waals surface area contributed by atoms with Crippen LogP contribution in [0.15, 0.2) is 36.5 Å². The normalized spacial score (nSPS) is 10.7. The summed E-state index contributed by atoms with van der Waals surface area (Å²) in [6.45, 7) is -0.668. The molecule has 0 aliphatic carbocycles. The zero-order valence-corrected chi connectivity index (χ0v) is 11.5. The highest BCUT2D eigenvalue weighted by molar-refractivity contribution is 6.30. The maximum Gasteiger partial charge on any atom is 0.387 e. The summed E-state index contributed by atoms with van der Waals surface area (Å²) in [5, 5.41) is 3.55. The summed E-state index contributed by atoms with van der Waals surface area (Å²) in [7, 11) is 0. The molecule has 0 aliphatic heterocycles. The van der Waals surface area contributed by atoms with Crippen LogP contribution in [0.5, 0.6) is 5.75 Å². The van der Waals surface area contributed by atoms with Crippen LogP contribution in [-0.2, 0) is 6.54 Å². The molecular formula is C14H13ClF2N2O. The van der Waals surface area contributed by atoms with Crippen LogP contribution in [0.3, 0.4) is 0 Å². The summed E-state index contributed by atoms with van der Waals surface area (Å²) in [6.07, 6.45) is 1.67. The molecule has 2 aromatic rings. The molecule has 1 N–H and O–H groups in total. The minimum absolute atomic E-state index is 0.108. The van der Waals surface area contributed by atoms with Gasteiger partial charge in [-0.15, -0.1) is 0 Å². The number of aromatic nitrogens is 1. The highest BCUT2D eigenvalue weighted by Crippen LogP contribution is 2.25. The Morgan fingerprint density at radius 3 is 2.75 bits per heavy atom. The molecular weight excluding hydrogens is 286 g/mol. The SMILES string of the molecule is Cc1ccc(NCc2cc(Cl)ccc2OC(F)F)cn1. The molecule has 0 bridgehead atoms. The second-order valence-electron chi connectivity index (χ2n) is 4.17. The van der Waals surface area contributed by atoms with E-state index in [4.69, 9.17) is 11.6 Å². The number of nitrogens with zero attached hydrogens (tertiary/aromatic N) is 1. The molecule has 0 radical (unpaired) electrons. The molecule has 106 valence electrons. The molecule has 1 aromatic carbocycles. The Morgan fingerprint density at radius 1 is 1.30 bits per heavy atom. The zero-order valence-electron chi connectivity index (χ0n) is 10.7. The minimum atomic E-state index is -2.86. The number of ether oxygens (including phenoxy) is 1. The lowest BCUT2D eigenvalue weighted by atomic mass is 10.2. The average molecular weight is 299 g/mol. The van der Waals surface area contributed by atoms with E-state index < -0.39 is 6.61 Å². The molecule has 20 heavy (non-hydrogen) atoms. The number of anilines is 1. The van der Waals surface area contributed by atoms with Gasteiger partial charge in [0.15, 0.2) is 0 Å². The fraction of sp³-hybridized carbons (Fsp3) is 0.214. The molecule has 0 spiro atoms. The number of pyridine rings is 1. The van der Waals surface area contributed by atoms with Crippen molar-refractivity contribution in [2.24, 2.45) is 0 Å². The smallest absolute Gasteiger partial charge is 0.387 e. The second-order valence-corrected chi connectivity index (χ2v) is 4.61. The number of aryl methyl sites for hydroxylation is 1. The molecule has 0 fully saturated rings. The van der Waals surface area contributed by atoms with Gasteiger partial charge in [-0.05, 0) is 37.3 Å². The van der Waals surface area contributed by atoms with E-state index in [9.17, 15) is 8.78 Å². The van der Waals surface area contributed by atoms with Crippen molar-refractivity contribution >= 4 is 17.3 Å². The third-order valence-electron chi connectivity index (χ3n) is 2.63. The van der Waals surface area contributed by atoms with Crippen LogP contribution in [0.25, 0.3) is 0 Å². The lowest BCUT2D eigenvalue weighted by Gasteiger charge is -2.12. The van der Waals surface area contributed by atoms with E-state index in [-0.39, 0.29) is 5.75 Å². The first-order valence-electron chi connectivity index (χ1n) is 5.94. The second kappa shape index (κ2) is 6.52. The van der Waals surface area contributed by atoms with Gasteiger partial charge in [0.05, 0.1) is 11.9 Å². The fourth-order valence-corrected chi connectivity index (χ4v) is 1.86. The molecule has 1 aromatic heterocycles. The molecule has 0 unspecified atom stereocenters. The van der Waals surface area contributed by atoms with Gasteiger partial charge in [0.2, 0.25) is 0 Å². The van der Waals surface area contributed by atoms with E-state index >= 15 is 0 Å². The van der Waals surface area contributed by atoms with Crippen LogP contribution in [0, 0.1) is 6.92 Å². The van der Waals surface area contributed by atoms with Crippen molar-refractivity contribution in [3.8, 4) is 5.75 Å². The van der Waals surface area contributed by atoms with Crippen molar-refractivity contribution in [3.05, 3.63) is 52.8 Å². The van der Waals surface area contributed by atoms with Gasteiger partial charge in [0.1, 0.15) is 5.75 Å². The molecule has 1 heterocycles. The summed E-state index contributed by atoms with van der Waals surface area (Å²) in [4.78, 5) is 4.14. The number of alkyl halides is 2. The summed E-state index contributed by atoms with van der Waals surface area (Å²) >= 11 is 5.87. The maximum absolute atomic E-state index is 12.3. The number of hydrogen-bond acceptors (Lipinski definition) is 3. The zero-order chi connectivity index (χ0) is 14.5. The topological polar surface area (TPSA) is 34.1 Å². The molecule has 6 heteroatoms. The first-order chi connectivity index (χ1) is 9.54. The first kappa shape index (κ1) is 14.5. The Bertz CT molecular complexity index is 576. The number of halogens is 3. The minimum Gasteiger partial charge on any atom is -0.434 e. The molecule has 2 rings (SSSR count). The van der Waals surface area contributed by atoms with Crippen LogP contribution < -0.4 is 10.1 Å². The van der Waals surface area contributed by atoms with Crippen molar-refractivity contribution in [2.75, 3.05) is 5.32 Å². The first-order valence-corrected chi connectivity index (χ1v) is 6.32. The van der Waals surface area contributed by atoms with Gasteiger partial charge in [-0.3, -0.25) is 4.98 Å². The van der Waals surface area contributed by atoms with Gasteiger partial charge in [0, 0.05) is 22.8 Å². The standard InChI is InChI=1S/C14H13ClF2N2O/c1-9-2-4-12(8-18-9)19-7-10-6-11(15)3-5-13(10)20-14(16)17/h2-6,8,14,19H,7H2,1H3. The largest absolute Gasteiger partial charge is 0.434 e. The van der Waals surface area contributed by atoms with Crippen LogP contribution in [0.1, 0.15) is 11.3 Å². The predicted octanol–water partition coefficient (Wildman–Crippen LogP) is 4.26. The van der Waals surface area contributed by atoms with Crippen molar-refractivity contribution in [1.29, 1.82) is 0 Å². The molecule has 0 aliphatic rings. The lowest BCUT2D eigenvalue weighted by molar-refractivity contribution is -0.0504. The van der Waals surface area contributed by atoms with Crippen LogP contribution in [0.2, 0.25) is 5.02 Å². The van der Waals surface area contributed by atoms with Gasteiger partial charge in [-0.2, -0.15) is 8.78 Å². The quantitative estimate of drug-likeness (QED) is 0.895. The Labute approximate surface area is 120 Å². The van der Waals surface area contributed by atoms with E-state index in [1.807, 2.05) is 19.1 Å². The highest BCUT2D eigenvalue weighted by Gasteiger charge is 2.10. The number of hydrogen-bond donors (Lipinski definition) is 1. The Kier molecular flexibility index (Phi) is 4.74.